The molecule has 1 aromatic carbocycles. The largest absolute Gasteiger partial charge is 0.496 e. The van der Waals surface area contributed by atoms with Crippen molar-refractivity contribution in [2.75, 3.05) is 33.3 Å². The van der Waals surface area contributed by atoms with Gasteiger partial charge in [0.15, 0.2) is 0 Å². The van der Waals surface area contributed by atoms with E-state index in [4.69, 9.17) is 10.5 Å². The standard InChI is InChI=1S/C24H35N3O3/c1-17-20(4-3-5-21(17)30-2)22(28)27-12-8-19(9-13-27)26-14-10-24(11-15-26,23(25)29)16-18-6-7-18/h3-5,18-19H,6-16H2,1-2H3,(H2,25,29). The van der Waals surface area contributed by atoms with Gasteiger partial charge in [0.1, 0.15) is 5.75 Å². The first kappa shape index (κ1) is 21.2. The van der Waals surface area contributed by atoms with E-state index in [0.29, 0.717) is 6.04 Å². The zero-order valence-corrected chi connectivity index (χ0v) is 18.4. The number of likely N-dealkylation sites (tertiary alicyclic amines) is 2. The van der Waals surface area contributed by atoms with Gasteiger partial charge in [-0.1, -0.05) is 18.9 Å². The minimum atomic E-state index is -0.280. The number of benzene rings is 1. The summed E-state index contributed by atoms with van der Waals surface area (Å²) in [7, 11) is 1.64. The molecule has 164 valence electrons. The normalized spacial score (nSPS) is 22.7. The van der Waals surface area contributed by atoms with Crippen molar-refractivity contribution in [2.24, 2.45) is 17.1 Å². The molecule has 0 atom stereocenters. The summed E-state index contributed by atoms with van der Waals surface area (Å²) in [6, 6.07) is 6.16. The average molecular weight is 414 g/mol. The lowest BCUT2D eigenvalue weighted by Crippen LogP contribution is -2.53. The number of hydrogen-bond acceptors (Lipinski definition) is 4. The number of piperidine rings is 2. The van der Waals surface area contributed by atoms with Gasteiger partial charge in [-0.25, -0.2) is 0 Å². The number of hydrogen-bond donors (Lipinski definition) is 1. The van der Waals surface area contributed by atoms with E-state index in [1.807, 2.05) is 30.0 Å². The molecule has 4 rings (SSSR count). The summed E-state index contributed by atoms with van der Waals surface area (Å²) in [5, 5.41) is 0. The van der Waals surface area contributed by atoms with Crippen LogP contribution >= 0.6 is 0 Å². The van der Waals surface area contributed by atoms with Crippen LogP contribution in [0.5, 0.6) is 5.75 Å². The lowest BCUT2D eigenvalue weighted by Gasteiger charge is -2.45. The van der Waals surface area contributed by atoms with Crippen molar-refractivity contribution >= 4 is 11.8 Å². The Labute approximate surface area is 179 Å². The number of nitrogens with zero attached hydrogens (tertiary/aromatic N) is 2. The highest BCUT2D eigenvalue weighted by atomic mass is 16.5. The molecule has 2 saturated heterocycles. The molecule has 0 aromatic heterocycles. The van der Waals surface area contributed by atoms with Crippen molar-refractivity contribution in [3.05, 3.63) is 29.3 Å². The smallest absolute Gasteiger partial charge is 0.254 e. The van der Waals surface area contributed by atoms with Gasteiger partial charge < -0.3 is 20.3 Å². The van der Waals surface area contributed by atoms with Gasteiger partial charge in [0.2, 0.25) is 5.91 Å². The second kappa shape index (κ2) is 8.58. The lowest BCUT2D eigenvalue weighted by molar-refractivity contribution is -0.132. The van der Waals surface area contributed by atoms with Gasteiger partial charge in [0.05, 0.1) is 12.5 Å². The summed E-state index contributed by atoms with van der Waals surface area (Å²) in [5.41, 5.74) is 7.19. The summed E-state index contributed by atoms with van der Waals surface area (Å²) >= 11 is 0. The van der Waals surface area contributed by atoms with E-state index in [1.54, 1.807) is 7.11 Å². The summed E-state index contributed by atoms with van der Waals surface area (Å²) in [5.74, 6) is 1.48. The Balaban J connectivity index is 1.32. The van der Waals surface area contributed by atoms with Crippen LogP contribution in [0, 0.1) is 18.3 Å². The van der Waals surface area contributed by atoms with Gasteiger partial charge in [0, 0.05) is 30.3 Å². The first-order valence-electron chi connectivity index (χ1n) is 11.4. The van der Waals surface area contributed by atoms with Crippen molar-refractivity contribution in [3.63, 3.8) is 0 Å². The zero-order chi connectivity index (χ0) is 21.3. The molecular formula is C24H35N3O3. The topological polar surface area (TPSA) is 75.9 Å². The molecule has 2 amide bonds. The van der Waals surface area contributed by atoms with E-state index in [0.717, 1.165) is 81.1 Å². The molecule has 2 N–H and O–H groups in total. The van der Waals surface area contributed by atoms with E-state index in [1.165, 1.54) is 12.8 Å². The zero-order valence-electron chi connectivity index (χ0n) is 18.4. The van der Waals surface area contributed by atoms with Crippen LogP contribution in [0.2, 0.25) is 0 Å². The Bertz CT molecular complexity index is 789. The van der Waals surface area contributed by atoms with Crippen LogP contribution in [-0.2, 0) is 4.79 Å². The second-order valence-corrected chi connectivity index (χ2v) is 9.48. The number of nitrogens with two attached hydrogens (primary N) is 1. The van der Waals surface area contributed by atoms with E-state index < -0.39 is 0 Å². The van der Waals surface area contributed by atoms with Crippen LogP contribution in [0.25, 0.3) is 0 Å². The number of methoxy groups -OCH3 is 1. The van der Waals surface area contributed by atoms with Crippen LogP contribution in [0.15, 0.2) is 18.2 Å². The van der Waals surface area contributed by atoms with Gasteiger partial charge >= 0.3 is 0 Å². The highest BCUT2D eigenvalue weighted by molar-refractivity contribution is 5.96. The highest BCUT2D eigenvalue weighted by Gasteiger charge is 2.44. The van der Waals surface area contributed by atoms with Gasteiger partial charge in [-0.05, 0) is 70.2 Å². The number of amides is 2. The SMILES string of the molecule is COc1cccc(C(=O)N2CCC(N3CCC(CC4CC4)(C(N)=O)CC3)CC2)c1C. The molecule has 0 bridgehead atoms. The fraction of sp³-hybridized carbons (Fsp3) is 0.667. The minimum Gasteiger partial charge on any atom is -0.496 e. The third-order valence-electron chi connectivity index (χ3n) is 7.66. The molecule has 6 heteroatoms. The Hall–Kier alpha value is -2.08. The lowest BCUT2D eigenvalue weighted by atomic mass is 9.73. The predicted octanol–water partition coefficient (Wildman–Crippen LogP) is 2.98. The highest BCUT2D eigenvalue weighted by Crippen LogP contribution is 2.46. The molecule has 2 aliphatic heterocycles. The summed E-state index contributed by atoms with van der Waals surface area (Å²) in [6.07, 6.45) is 7.27. The second-order valence-electron chi connectivity index (χ2n) is 9.48. The number of ether oxygens (including phenoxy) is 1. The summed E-state index contributed by atoms with van der Waals surface area (Å²) in [4.78, 5) is 29.8. The molecular weight excluding hydrogens is 378 g/mol. The van der Waals surface area contributed by atoms with E-state index in [-0.39, 0.29) is 17.2 Å². The fourth-order valence-electron chi connectivity index (χ4n) is 5.41. The van der Waals surface area contributed by atoms with Crippen LogP contribution in [0.1, 0.15) is 60.9 Å². The van der Waals surface area contributed by atoms with Crippen molar-refractivity contribution < 1.29 is 14.3 Å². The predicted molar refractivity (Wildman–Crippen MR) is 116 cm³/mol. The molecule has 6 nitrogen and oxygen atoms in total. The molecule has 30 heavy (non-hydrogen) atoms. The first-order chi connectivity index (χ1) is 14.4. The van der Waals surface area contributed by atoms with Crippen LogP contribution < -0.4 is 10.5 Å². The van der Waals surface area contributed by atoms with Crippen LogP contribution in [0.4, 0.5) is 0 Å². The molecule has 3 aliphatic rings. The number of carbonyl (C=O) groups is 2. The summed E-state index contributed by atoms with van der Waals surface area (Å²) in [6.45, 7) is 5.39. The Kier molecular flexibility index (Phi) is 6.05. The summed E-state index contributed by atoms with van der Waals surface area (Å²) < 4.78 is 5.37. The Morgan fingerprint density at radius 2 is 1.77 bits per heavy atom. The van der Waals surface area contributed by atoms with E-state index in [2.05, 4.69) is 4.90 Å². The molecule has 0 spiro atoms. The van der Waals surface area contributed by atoms with Crippen molar-refractivity contribution in [1.29, 1.82) is 0 Å². The molecule has 3 fully saturated rings. The van der Waals surface area contributed by atoms with Crippen molar-refractivity contribution in [2.45, 2.75) is 57.9 Å². The number of carbonyl (C=O) groups excluding carboxylic acids is 2. The fourth-order valence-corrected chi connectivity index (χ4v) is 5.41. The quantitative estimate of drug-likeness (QED) is 0.778. The Morgan fingerprint density at radius 3 is 2.33 bits per heavy atom. The van der Waals surface area contributed by atoms with E-state index >= 15 is 0 Å². The molecule has 0 radical (unpaired) electrons. The Morgan fingerprint density at radius 1 is 1.10 bits per heavy atom. The van der Waals surface area contributed by atoms with Gasteiger partial charge in [0.25, 0.3) is 5.91 Å². The molecule has 1 aromatic rings. The molecule has 1 saturated carbocycles. The maximum Gasteiger partial charge on any atom is 0.254 e. The first-order valence-corrected chi connectivity index (χ1v) is 11.4. The maximum atomic E-state index is 13.0. The van der Waals surface area contributed by atoms with Gasteiger partial charge in [-0.15, -0.1) is 0 Å². The van der Waals surface area contributed by atoms with Crippen LogP contribution in [0.3, 0.4) is 0 Å². The minimum absolute atomic E-state index is 0.0943. The van der Waals surface area contributed by atoms with Gasteiger partial charge in [-0.2, -0.15) is 0 Å². The van der Waals surface area contributed by atoms with Gasteiger partial charge in [-0.3, -0.25) is 9.59 Å². The van der Waals surface area contributed by atoms with Crippen molar-refractivity contribution in [3.8, 4) is 5.75 Å². The molecule has 2 heterocycles. The molecule has 0 unspecified atom stereocenters. The molecule has 1 aliphatic carbocycles. The maximum absolute atomic E-state index is 13.0. The third-order valence-corrected chi connectivity index (χ3v) is 7.66. The number of primary amides is 1. The van der Waals surface area contributed by atoms with Crippen LogP contribution in [-0.4, -0.2) is 60.9 Å². The average Bonchev–Trinajstić information content (AvgIpc) is 3.58. The third kappa shape index (κ3) is 4.20. The number of rotatable bonds is 6. The van der Waals surface area contributed by atoms with E-state index in [9.17, 15) is 9.59 Å². The van der Waals surface area contributed by atoms with Crippen molar-refractivity contribution in [1.82, 2.24) is 9.80 Å². The monoisotopic (exact) mass is 413 g/mol.